The Morgan fingerprint density at radius 2 is 1.93 bits per heavy atom. The van der Waals surface area contributed by atoms with Crippen LogP contribution in [0.1, 0.15) is 41.6 Å². The maximum atomic E-state index is 11.3. The normalized spacial score (nSPS) is 24.7. The van der Waals surface area contributed by atoms with Gasteiger partial charge in [0, 0.05) is 37.9 Å². The molecule has 2 unspecified atom stereocenters. The molecule has 3 heterocycles. The van der Waals surface area contributed by atoms with Gasteiger partial charge in [-0.15, -0.1) is 0 Å². The highest BCUT2D eigenvalue weighted by Gasteiger charge is 2.42. The molecule has 2 N–H and O–H groups in total. The van der Waals surface area contributed by atoms with Gasteiger partial charge in [-0.1, -0.05) is 41.9 Å². The van der Waals surface area contributed by atoms with Crippen molar-refractivity contribution in [3.05, 3.63) is 58.7 Å². The minimum atomic E-state index is -0.508. The second-order valence-corrected chi connectivity index (χ2v) is 8.08. The summed E-state index contributed by atoms with van der Waals surface area (Å²) in [6.45, 7) is 1.03. The molecule has 0 radical (unpaired) electrons. The van der Waals surface area contributed by atoms with Crippen LogP contribution in [0, 0.1) is 0 Å². The molecule has 2 saturated heterocycles. The van der Waals surface area contributed by atoms with Crippen LogP contribution < -0.4 is 10.6 Å². The average molecular weight is 385 g/mol. The number of benzene rings is 1. The van der Waals surface area contributed by atoms with Crippen molar-refractivity contribution in [3.63, 3.8) is 0 Å². The van der Waals surface area contributed by atoms with Gasteiger partial charge < -0.3 is 10.6 Å². The Morgan fingerprint density at radius 3 is 2.52 bits per heavy atom. The number of amides is 1. The minimum absolute atomic E-state index is 0.342. The molecule has 2 aliphatic heterocycles. The number of hydrogen-bond donors (Lipinski definition) is 1. The number of fused-ring (bicyclic) bond motifs is 2. The van der Waals surface area contributed by atoms with Gasteiger partial charge >= 0.3 is 0 Å². The van der Waals surface area contributed by atoms with E-state index >= 15 is 0 Å². The predicted molar refractivity (Wildman–Crippen MR) is 108 cm³/mol. The lowest BCUT2D eigenvalue weighted by Gasteiger charge is -2.42. The van der Waals surface area contributed by atoms with Gasteiger partial charge in [-0.05, 0) is 37.3 Å². The molecule has 2 aliphatic rings. The highest BCUT2D eigenvalue weighted by atomic mass is 35.5. The smallest absolute Gasteiger partial charge is 0.250 e. The van der Waals surface area contributed by atoms with Crippen LogP contribution in [0.4, 0.5) is 5.82 Å². The van der Waals surface area contributed by atoms with Crippen LogP contribution in [-0.4, -0.2) is 41.0 Å². The summed E-state index contributed by atoms with van der Waals surface area (Å²) in [5, 5.41) is 0.480. The number of carbonyl (C=O) groups is 1. The van der Waals surface area contributed by atoms with Gasteiger partial charge in [0.05, 0.1) is 10.6 Å². The summed E-state index contributed by atoms with van der Waals surface area (Å²) in [5.74, 6) is 0.216. The zero-order valence-electron chi connectivity index (χ0n) is 15.5. The van der Waals surface area contributed by atoms with Crippen molar-refractivity contribution < 1.29 is 4.79 Å². The molecule has 6 heteroatoms. The van der Waals surface area contributed by atoms with Crippen LogP contribution in [0.2, 0.25) is 5.02 Å². The number of hydrogen-bond acceptors (Lipinski definition) is 4. The quantitative estimate of drug-likeness (QED) is 0.857. The molecule has 4 rings (SSSR count). The molecule has 0 saturated carbocycles. The molecule has 1 aromatic heterocycles. The monoisotopic (exact) mass is 384 g/mol. The van der Waals surface area contributed by atoms with E-state index in [-0.39, 0.29) is 0 Å². The Labute approximate surface area is 165 Å². The third kappa shape index (κ3) is 3.66. The largest absolute Gasteiger partial charge is 0.366 e. The van der Waals surface area contributed by atoms with E-state index in [9.17, 15) is 4.79 Å². The van der Waals surface area contributed by atoms with Crippen molar-refractivity contribution in [1.29, 1.82) is 0 Å². The van der Waals surface area contributed by atoms with Crippen molar-refractivity contribution in [2.75, 3.05) is 11.9 Å². The molecule has 2 bridgehead atoms. The molecule has 2 atom stereocenters. The van der Waals surface area contributed by atoms with Crippen molar-refractivity contribution in [1.82, 2.24) is 9.88 Å². The zero-order chi connectivity index (χ0) is 19.0. The van der Waals surface area contributed by atoms with Crippen LogP contribution in [0.3, 0.4) is 0 Å². The lowest BCUT2D eigenvalue weighted by Crippen LogP contribution is -2.49. The second kappa shape index (κ2) is 7.49. The first-order valence-electron chi connectivity index (χ1n) is 9.50. The number of aromatic nitrogens is 1. The molecule has 5 nitrogen and oxygen atoms in total. The van der Waals surface area contributed by atoms with E-state index in [1.54, 1.807) is 6.07 Å². The van der Waals surface area contributed by atoms with Gasteiger partial charge in [0.2, 0.25) is 5.91 Å². The fourth-order valence-corrected chi connectivity index (χ4v) is 4.91. The molecule has 0 aliphatic carbocycles. The molecule has 142 valence electrons. The molecule has 1 aromatic carbocycles. The number of anilines is 1. The van der Waals surface area contributed by atoms with Crippen molar-refractivity contribution in [2.45, 2.75) is 50.4 Å². The maximum absolute atomic E-state index is 11.3. The Hall–Kier alpha value is -2.11. The SMILES string of the molecule is CN(c1ncc(C(N)=O)cc1Cl)C1CC2CCC(C1)N2Cc1ccccc1. The summed E-state index contributed by atoms with van der Waals surface area (Å²) >= 11 is 6.39. The molecule has 2 fully saturated rings. The number of pyridine rings is 1. The lowest BCUT2D eigenvalue weighted by molar-refractivity contribution is 0.1000. The van der Waals surface area contributed by atoms with Crippen LogP contribution in [0.15, 0.2) is 42.6 Å². The van der Waals surface area contributed by atoms with Gasteiger partial charge in [-0.25, -0.2) is 4.98 Å². The minimum Gasteiger partial charge on any atom is -0.366 e. The van der Waals surface area contributed by atoms with E-state index in [0.717, 1.165) is 25.2 Å². The summed E-state index contributed by atoms with van der Waals surface area (Å²) in [7, 11) is 2.05. The van der Waals surface area contributed by atoms with Crippen LogP contribution in [0.5, 0.6) is 0 Å². The van der Waals surface area contributed by atoms with Crippen molar-refractivity contribution in [2.24, 2.45) is 5.73 Å². The van der Waals surface area contributed by atoms with E-state index in [1.807, 2.05) is 0 Å². The number of piperidine rings is 1. The number of halogens is 1. The van der Waals surface area contributed by atoms with Crippen molar-refractivity contribution >= 4 is 23.3 Å². The fourth-order valence-electron chi connectivity index (χ4n) is 4.61. The number of primary amides is 1. The van der Waals surface area contributed by atoms with E-state index in [1.165, 1.54) is 24.6 Å². The van der Waals surface area contributed by atoms with Gasteiger partial charge in [0.25, 0.3) is 0 Å². The van der Waals surface area contributed by atoms with E-state index in [0.29, 0.717) is 28.7 Å². The average Bonchev–Trinajstić information content (AvgIpc) is 2.89. The lowest BCUT2D eigenvalue weighted by atomic mass is 9.95. The summed E-state index contributed by atoms with van der Waals surface area (Å²) < 4.78 is 0. The molecule has 0 spiro atoms. The maximum Gasteiger partial charge on any atom is 0.250 e. The number of nitrogens with zero attached hydrogens (tertiary/aromatic N) is 3. The first-order valence-corrected chi connectivity index (χ1v) is 9.88. The van der Waals surface area contributed by atoms with Gasteiger partial charge in [-0.2, -0.15) is 0 Å². The Morgan fingerprint density at radius 1 is 1.26 bits per heavy atom. The summed E-state index contributed by atoms with van der Waals surface area (Å²) in [6.07, 6.45) is 6.23. The standard InChI is InChI=1S/C21H25ClN4O/c1-25(21-19(22)9-15(12-24-21)20(23)27)18-10-16-7-8-17(11-18)26(16)13-14-5-3-2-4-6-14/h2-6,9,12,16-18H,7-8,10-11,13H2,1H3,(H2,23,27). The highest BCUT2D eigenvalue weighted by molar-refractivity contribution is 6.33. The predicted octanol–water partition coefficient (Wildman–Crippen LogP) is 3.47. The van der Waals surface area contributed by atoms with E-state index in [4.69, 9.17) is 17.3 Å². The Kier molecular flexibility index (Phi) is 5.06. The third-order valence-corrected chi connectivity index (χ3v) is 6.33. The molecule has 1 amide bonds. The van der Waals surface area contributed by atoms with E-state index < -0.39 is 5.91 Å². The van der Waals surface area contributed by atoms with Gasteiger partial charge in [0.15, 0.2) is 0 Å². The summed E-state index contributed by atoms with van der Waals surface area (Å²) in [4.78, 5) is 20.6. The number of carbonyl (C=O) groups excluding carboxylic acids is 1. The third-order valence-electron chi connectivity index (χ3n) is 6.06. The molecule has 2 aromatic rings. The number of rotatable bonds is 5. The first-order chi connectivity index (χ1) is 13.0. The zero-order valence-corrected chi connectivity index (χ0v) is 16.3. The number of nitrogens with two attached hydrogens (primary N) is 1. The van der Waals surface area contributed by atoms with Crippen molar-refractivity contribution in [3.8, 4) is 0 Å². The first kappa shape index (κ1) is 18.3. The van der Waals surface area contributed by atoms with Gasteiger partial charge in [-0.3, -0.25) is 9.69 Å². The second-order valence-electron chi connectivity index (χ2n) is 7.67. The van der Waals surface area contributed by atoms with Crippen LogP contribution in [-0.2, 0) is 6.54 Å². The molecule has 27 heavy (non-hydrogen) atoms. The van der Waals surface area contributed by atoms with Gasteiger partial charge in [0.1, 0.15) is 5.82 Å². The molecular formula is C21H25ClN4O. The summed E-state index contributed by atoms with van der Waals surface area (Å²) in [6, 6.07) is 13.9. The van der Waals surface area contributed by atoms with E-state index in [2.05, 4.69) is 52.2 Å². The highest BCUT2D eigenvalue weighted by Crippen LogP contribution is 2.40. The Bertz CT molecular complexity index is 814. The fraction of sp³-hybridized carbons (Fsp3) is 0.429. The molecular weight excluding hydrogens is 360 g/mol. The van der Waals surface area contributed by atoms with Crippen LogP contribution in [0.25, 0.3) is 0 Å². The van der Waals surface area contributed by atoms with Crippen LogP contribution >= 0.6 is 11.6 Å². The Balaban J connectivity index is 1.47. The summed E-state index contributed by atoms with van der Waals surface area (Å²) in [5.41, 5.74) is 7.04. The topological polar surface area (TPSA) is 62.5 Å².